The minimum Gasteiger partial charge on any atom is -0.383 e. The van der Waals surface area contributed by atoms with Gasteiger partial charge in [-0.2, -0.15) is 0 Å². The first-order chi connectivity index (χ1) is 7.10. The van der Waals surface area contributed by atoms with Crippen molar-refractivity contribution in [3.63, 3.8) is 0 Å². The van der Waals surface area contributed by atoms with Crippen LogP contribution >= 0.6 is 0 Å². The summed E-state index contributed by atoms with van der Waals surface area (Å²) in [5.74, 6) is 0.576. The second-order valence-corrected chi connectivity index (χ2v) is 4.07. The molecule has 3 N–H and O–H groups in total. The molecule has 0 saturated heterocycles. The number of rotatable bonds is 8. The highest BCUT2D eigenvalue weighted by molar-refractivity contribution is 5.76. The number of carbonyl (C=O) groups excluding carboxylic acids is 1. The van der Waals surface area contributed by atoms with E-state index in [9.17, 15) is 4.79 Å². The highest BCUT2D eigenvalue weighted by Crippen LogP contribution is 2.05. The summed E-state index contributed by atoms with van der Waals surface area (Å²) in [6, 6.07) is 0.0129. The van der Waals surface area contributed by atoms with Crippen LogP contribution in [0.4, 0.5) is 0 Å². The zero-order valence-electron chi connectivity index (χ0n) is 10.1. The van der Waals surface area contributed by atoms with Gasteiger partial charge in [0.2, 0.25) is 5.91 Å². The lowest BCUT2D eigenvalue weighted by atomic mass is 10.1. The molecule has 0 heterocycles. The standard InChI is InChI=1S/C11H24N2O2/c1-4-9(2)7-11(14)13-6-5-10(12)8-15-3/h9-10H,4-8,12H2,1-3H3,(H,13,14). The Kier molecular flexibility index (Phi) is 8.33. The van der Waals surface area contributed by atoms with Gasteiger partial charge in [0.25, 0.3) is 0 Å². The van der Waals surface area contributed by atoms with Crippen LogP contribution in [-0.4, -0.2) is 32.2 Å². The van der Waals surface area contributed by atoms with Crippen molar-refractivity contribution < 1.29 is 9.53 Å². The summed E-state index contributed by atoms with van der Waals surface area (Å²) in [4.78, 5) is 11.4. The maximum absolute atomic E-state index is 11.4. The van der Waals surface area contributed by atoms with Crippen LogP contribution in [0.2, 0.25) is 0 Å². The van der Waals surface area contributed by atoms with E-state index in [-0.39, 0.29) is 11.9 Å². The molecule has 0 aliphatic carbocycles. The number of amides is 1. The van der Waals surface area contributed by atoms with Gasteiger partial charge in [-0.15, -0.1) is 0 Å². The van der Waals surface area contributed by atoms with Gasteiger partial charge in [-0.1, -0.05) is 20.3 Å². The van der Waals surface area contributed by atoms with E-state index in [2.05, 4.69) is 19.2 Å². The molecule has 0 aromatic carbocycles. The second kappa shape index (κ2) is 8.68. The molecule has 2 unspecified atom stereocenters. The predicted octanol–water partition coefficient (Wildman–Crippen LogP) is 0.903. The van der Waals surface area contributed by atoms with Gasteiger partial charge in [0.1, 0.15) is 0 Å². The molecular weight excluding hydrogens is 192 g/mol. The Hall–Kier alpha value is -0.610. The molecule has 0 fully saturated rings. The molecule has 4 nitrogen and oxygen atoms in total. The van der Waals surface area contributed by atoms with Gasteiger partial charge in [-0.3, -0.25) is 4.79 Å². The molecule has 0 radical (unpaired) electrons. The van der Waals surface area contributed by atoms with Crippen LogP contribution in [0.5, 0.6) is 0 Å². The molecule has 4 heteroatoms. The topological polar surface area (TPSA) is 64.4 Å². The zero-order valence-corrected chi connectivity index (χ0v) is 10.1. The Balaban J connectivity index is 3.46. The maximum atomic E-state index is 11.4. The van der Waals surface area contributed by atoms with E-state index in [1.165, 1.54) is 0 Å². The molecule has 90 valence electrons. The van der Waals surface area contributed by atoms with Crippen molar-refractivity contribution in [2.24, 2.45) is 11.7 Å². The van der Waals surface area contributed by atoms with Crippen LogP contribution in [0.25, 0.3) is 0 Å². The van der Waals surface area contributed by atoms with Crippen molar-refractivity contribution in [3.8, 4) is 0 Å². The number of methoxy groups -OCH3 is 1. The average molecular weight is 216 g/mol. The van der Waals surface area contributed by atoms with Gasteiger partial charge in [0, 0.05) is 26.1 Å². The molecule has 0 saturated carbocycles. The van der Waals surface area contributed by atoms with Crippen LogP contribution in [0.3, 0.4) is 0 Å². The smallest absolute Gasteiger partial charge is 0.220 e. The molecule has 0 rings (SSSR count). The number of nitrogens with two attached hydrogens (primary N) is 1. The Morgan fingerprint density at radius 1 is 1.53 bits per heavy atom. The van der Waals surface area contributed by atoms with Crippen LogP contribution in [0.15, 0.2) is 0 Å². The molecular formula is C11H24N2O2. The molecule has 15 heavy (non-hydrogen) atoms. The zero-order chi connectivity index (χ0) is 11.7. The summed E-state index contributed by atoms with van der Waals surface area (Å²) >= 11 is 0. The first kappa shape index (κ1) is 14.4. The van der Waals surface area contributed by atoms with Crippen LogP contribution in [0.1, 0.15) is 33.1 Å². The van der Waals surface area contributed by atoms with E-state index in [0.717, 1.165) is 12.8 Å². The lowest BCUT2D eigenvalue weighted by molar-refractivity contribution is -0.121. The molecule has 0 aromatic rings. The normalized spacial score (nSPS) is 14.7. The molecule has 0 aromatic heterocycles. The van der Waals surface area contributed by atoms with Crippen molar-refractivity contribution in [3.05, 3.63) is 0 Å². The third-order valence-electron chi connectivity index (χ3n) is 2.45. The van der Waals surface area contributed by atoms with Crippen LogP contribution in [-0.2, 0) is 9.53 Å². The first-order valence-corrected chi connectivity index (χ1v) is 5.61. The largest absolute Gasteiger partial charge is 0.383 e. The Labute approximate surface area is 92.6 Å². The van der Waals surface area contributed by atoms with Gasteiger partial charge < -0.3 is 15.8 Å². The van der Waals surface area contributed by atoms with E-state index in [1.54, 1.807) is 7.11 Å². The Bertz CT molecular complexity index is 174. The summed E-state index contributed by atoms with van der Waals surface area (Å²) in [6.45, 7) is 5.35. The highest BCUT2D eigenvalue weighted by Gasteiger charge is 2.07. The Morgan fingerprint density at radius 2 is 2.20 bits per heavy atom. The summed E-state index contributed by atoms with van der Waals surface area (Å²) < 4.78 is 4.91. The van der Waals surface area contributed by atoms with Crippen molar-refractivity contribution in [2.75, 3.05) is 20.3 Å². The first-order valence-electron chi connectivity index (χ1n) is 5.61. The van der Waals surface area contributed by atoms with Gasteiger partial charge in [0.05, 0.1) is 6.61 Å². The van der Waals surface area contributed by atoms with Crippen molar-refractivity contribution in [1.82, 2.24) is 5.32 Å². The fourth-order valence-corrected chi connectivity index (χ4v) is 1.23. The number of hydrogen-bond acceptors (Lipinski definition) is 3. The SMILES string of the molecule is CCC(C)CC(=O)NCCC(N)COC. The number of nitrogens with one attached hydrogen (secondary N) is 1. The lowest BCUT2D eigenvalue weighted by Crippen LogP contribution is -2.33. The van der Waals surface area contributed by atoms with E-state index < -0.39 is 0 Å². The summed E-state index contributed by atoms with van der Waals surface area (Å²) in [6.07, 6.45) is 2.41. The minimum absolute atomic E-state index is 0.0129. The fraction of sp³-hybridized carbons (Fsp3) is 0.909. The number of carbonyl (C=O) groups is 1. The summed E-state index contributed by atoms with van der Waals surface area (Å²) in [5, 5.41) is 2.86. The molecule has 0 spiro atoms. The number of hydrogen-bond donors (Lipinski definition) is 2. The quantitative estimate of drug-likeness (QED) is 0.633. The van der Waals surface area contributed by atoms with E-state index in [1.807, 2.05) is 0 Å². The third kappa shape index (κ3) is 8.39. The summed E-state index contributed by atoms with van der Waals surface area (Å²) in [5.41, 5.74) is 5.72. The van der Waals surface area contributed by atoms with Crippen LogP contribution < -0.4 is 11.1 Å². The van der Waals surface area contributed by atoms with E-state index in [0.29, 0.717) is 25.5 Å². The second-order valence-electron chi connectivity index (χ2n) is 4.07. The Morgan fingerprint density at radius 3 is 2.73 bits per heavy atom. The predicted molar refractivity (Wildman–Crippen MR) is 61.6 cm³/mol. The number of ether oxygens (including phenoxy) is 1. The monoisotopic (exact) mass is 216 g/mol. The van der Waals surface area contributed by atoms with Crippen molar-refractivity contribution >= 4 is 5.91 Å². The molecule has 0 bridgehead atoms. The van der Waals surface area contributed by atoms with Gasteiger partial charge in [0.15, 0.2) is 0 Å². The van der Waals surface area contributed by atoms with Gasteiger partial charge >= 0.3 is 0 Å². The molecule has 0 aliphatic rings. The average Bonchev–Trinajstić information content (AvgIpc) is 2.18. The van der Waals surface area contributed by atoms with Crippen LogP contribution in [0, 0.1) is 5.92 Å². The lowest BCUT2D eigenvalue weighted by Gasteiger charge is -2.12. The van der Waals surface area contributed by atoms with E-state index in [4.69, 9.17) is 10.5 Å². The van der Waals surface area contributed by atoms with E-state index >= 15 is 0 Å². The van der Waals surface area contributed by atoms with Crippen molar-refractivity contribution in [2.45, 2.75) is 39.2 Å². The highest BCUT2D eigenvalue weighted by atomic mass is 16.5. The maximum Gasteiger partial charge on any atom is 0.220 e. The van der Waals surface area contributed by atoms with Gasteiger partial charge in [-0.25, -0.2) is 0 Å². The van der Waals surface area contributed by atoms with Gasteiger partial charge in [-0.05, 0) is 12.3 Å². The summed E-state index contributed by atoms with van der Waals surface area (Å²) in [7, 11) is 1.63. The molecule has 2 atom stereocenters. The molecule has 0 aliphatic heterocycles. The third-order valence-corrected chi connectivity index (χ3v) is 2.45. The molecule has 1 amide bonds. The fourth-order valence-electron chi connectivity index (χ4n) is 1.23. The van der Waals surface area contributed by atoms with Crippen molar-refractivity contribution in [1.29, 1.82) is 0 Å². The minimum atomic E-state index is 0.0129.